The van der Waals surface area contributed by atoms with Gasteiger partial charge in [0.1, 0.15) is 0 Å². The molecule has 1 aliphatic heterocycles. The summed E-state index contributed by atoms with van der Waals surface area (Å²) in [5.41, 5.74) is 0.668. The van der Waals surface area contributed by atoms with Crippen LogP contribution in [0.2, 0.25) is 0 Å². The minimum atomic E-state index is -0.234. The van der Waals surface area contributed by atoms with Gasteiger partial charge in [0.2, 0.25) is 0 Å². The number of carbonyl (C=O) groups is 1. The maximum absolute atomic E-state index is 11.7. The molecule has 1 aromatic rings. The van der Waals surface area contributed by atoms with Crippen LogP contribution in [-0.2, 0) is 16.0 Å². The van der Waals surface area contributed by atoms with Crippen molar-refractivity contribution in [2.24, 2.45) is 0 Å². The number of hydrogen-bond acceptors (Lipinski definition) is 4. The van der Waals surface area contributed by atoms with Gasteiger partial charge in [-0.1, -0.05) is 0 Å². The Bertz CT molecular complexity index is 401. The number of carbonyl (C=O) groups excluding carboxylic acids is 1. The van der Waals surface area contributed by atoms with Crippen molar-refractivity contribution < 1.29 is 14.3 Å². The summed E-state index contributed by atoms with van der Waals surface area (Å²) >= 11 is 0. The highest BCUT2D eigenvalue weighted by atomic mass is 16.5. The zero-order valence-electron chi connectivity index (χ0n) is 11.1. The van der Waals surface area contributed by atoms with Gasteiger partial charge in [-0.2, -0.15) is 5.10 Å². The molecule has 1 saturated heterocycles. The second-order valence-electron chi connectivity index (χ2n) is 4.45. The van der Waals surface area contributed by atoms with Crippen LogP contribution in [0.25, 0.3) is 0 Å². The average molecular weight is 268 g/mol. The first-order valence-electron chi connectivity index (χ1n) is 6.46. The van der Waals surface area contributed by atoms with E-state index in [1.807, 2.05) is 0 Å². The minimum Gasteiger partial charge on any atom is -0.383 e. The summed E-state index contributed by atoms with van der Waals surface area (Å²) in [5, 5.41) is 9.64. The molecule has 2 N–H and O–H groups in total. The summed E-state index contributed by atoms with van der Waals surface area (Å²) < 4.78 is 12.1. The van der Waals surface area contributed by atoms with Gasteiger partial charge in [-0.15, -0.1) is 0 Å². The van der Waals surface area contributed by atoms with Crippen LogP contribution in [0.1, 0.15) is 12.8 Å². The lowest BCUT2D eigenvalue weighted by Gasteiger charge is -2.10. The molecule has 0 bridgehead atoms. The summed E-state index contributed by atoms with van der Waals surface area (Å²) in [6.45, 7) is 2.59. The third-order valence-corrected chi connectivity index (χ3v) is 2.93. The maximum Gasteiger partial charge on any atom is 0.319 e. The van der Waals surface area contributed by atoms with E-state index < -0.39 is 0 Å². The Hall–Kier alpha value is -1.60. The Morgan fingerprint density at radius 2 is 2.58 bits per heavy atom. The van der Waals surface area contributed by atoms with Crippen molar-refractivity contribution in [3.63, 3.8) is 0 Å². The monoisotopic (exact) mass is 268 g/mol. The SMILES string of the molecule is COCCn1cc(NC(=O)NCC2CCCO2)cn1. The van der Waals surface area contributed by atoms with Gasteiger partial charge < -0.3 is 20.1 Å². The fourth-order valence-electron chi connectivity index (χ4n) is 1.92. The molecule has 2 amide bonds. The second kappa shape index (κ2) is 7.10. The molecule has 1 aliphatic rings. The van der Waals surface area contributed by atoms with Crippen molar-refractivity contribution in [2.45, 2.75) is 25.5 Å². The van der Waals surface area contributed by atoms with Gasteiger partial charge in [0.15, 0.2) is 0 Å². The molecule has 0 saturated carbocycles. The Labute approximate surface area is 112 Å². The molecule has 106 valence electrons. The number of urea groups is 1. The van der Waals surface area contributed by atoms with Gasteiger partial charge >= 0.3 is 6.03 Å². The second-order valence-corrected chi connectivity index (χ2v) is 4.45. The fourth-order valence-corrected chi connectivity index (χ4v) is 1.92. The van der Waals surface area contributed by atoms with Crippen LogP contribution in [0.3, 0.4) is 0 Å². The van der Waals surface area contributed by atoms with Gasteiger partial charge in [-0.3, -0.25) is 4.68 Å². The van der Waals surface area contributed by atoms with E-state index in [-0.39, 0.29) is 12.1 Å². The predicted octanol–water partition coefficient (Wildman–Crippen LogP) is 0.830. The lowest BCUT2D eigenvalue weighted by Crippen LogP contribution is -2.34. The standard InChI is InChI=1S/C12H20N4O3/c1-18-6-4-16-9-10(7-14-16)15-12(17)13-8-11-3-2-5-19-11/h7,9,11H,2-6,8H2,1H3,(H2,13,15,17). The number of nitrogens with zero attached hydrogens (tertiary/aromatic N) is 2. The number of rotatable bonds is 6. The van der Waals surface area contributed by atoms with Gasteiger partial charge in [-0.25, -0.2) is 4.79 Å². The van der Waals surface area contributed by atoms with Crippen LogP contribution in [0.15, 0.2) is 12.4 Å². The molecular formula is C12H20N4O3. The van der Waals surface area contributed by atoms with E-state index in [0.29, 0.717) is 25.4 Å². The van der Waals surface area contributed by atoms with Crippen LogP contribution < -0.4 is 10.6 Å². The fraction of sp³-hybridized carbons (Fsp3) is 0.667. The van der Waals surface area contributed by atoms with Crippen molar-refractivity contribution in [1.29, 1.82) is 0 Å². The Kier molecular flexibility index (Phi) is 5.17. The third kappa shape index (κ3) is 4.53. The third-order valence-electron chi connectivity index (χ3n) is 2.93. The van der Waals surface area contributed by atoms with Crippen LogP contribution in [0.5, 0.6) is 0 Å². The van der Waals surface area contributed by atoms with Gasteiger partial charge in [-0.05, 0) is 12.8 Å². The van der Waals surface area contributed by atoms with Gasteiger partial charge in [0, 0.05) is 26.5 Å². The quantitative estimate of drug-likeness (QED) is 0.801. The molecule has 1 unspecified atom stereocenters. The molecule has 0 aromatic carbocycles. The van der Waals surface area contributed by atoms with Crippen LogP contribution in [0.4, 0.5) is 10.5 Å². The maximum atomic E-state index is 11.7. The average Bonchev–Trinajstić information content (AvgIpc) is 3.05. The molecule has 2 heterocycles. The molecule has 1 aromatic heterocycles. The summed E-state index contributed by atoms with van der Waals surface area (Å²) in [6, 6.07) is -0.234. The lowest BCUT2D eigenvalue weighted by atomic mass is 10.2. The van der Waals surface area contributed by atoms with Crippen LogP contribution in [0, 0.1) is 0 Å². The molecule has 19 heavy (non-hydrogen) atoms. The van der Waals surface area contributed by atoms with E-state index in [2.05, 4.69) is 15.7 Å². The lowest BCUT2D eigenvalue weighted by molar-refractivity contribution is 0.112. The molecule has 7 nitrogen and oxygen atoms in total. The highest BCUT2D eigenvalue weighted by Crippen LogP contribution is 2.10. The number of methoxy groups -OCH3 is 1. The largest absolute Gasteiger partial charge is 0.383 e. The van der Waals surface area contributed by atoms with E-state index in [0.717, 1.165) is 19.4 Å². The molecule has 1 atom stereocenters. The number of amides is 2. The first-order valence-corrected chi connectivity index (χ1v) is 6.46. The Morgan fingerprint density at radius 1 is 1.68 bits per heavy atom. The van der Waals surface area contributed by atoms with Crippen LogP contribution in [-0.4, -0.2) is 48.8 Å². The number of hydrogen-bond donors (Lipinski definition) is 2. The predicted molar refractivity (Wildman–Crippen MR) is 70.1 cm³/mol. The van der Waals surface area contributed by atoms with Gasteiger partial charge in [0.25, 0.3) is 0 Å². The van der Waals surface area contributed by atoms with Gasteiger partial charge in [0.05, 0.1) is 31.1 Å². The summed E-state index contributed by atoms with van der Waals surface area (Å²) in [6.07, 6.45) is 5.61. The van der Waals surface area contributed by atoms with Crippen molar-refractivity contribution in [2.75, 3.05) is 32.2 Å². The van der Waals surface area contributed by atoms with Crippen LogP contribution >= 0.6 is 0 Å². The molecule has 0 spiro atoms. The number of nitrogens with one attached hydrogen (secondary N) is 2. The topological polar surface area (TPSA) is 77.4 Å². The molecule has 0 radical (unpaired) electrons. The number of ether oxygens (including phenoxy) is 2. The summed E-state index contributed by atoms with van der Waals surface area (Å²) in [7, 11) is 1.64. The molecule has 1 fully saturated rings. The highest BCUT2D eigenvalue weighted by molar-refractivity contribution is 5.88. The van der Waals surface area contributed by atoms with Crippen molar-refractivity contribution in [1.82, 2.24) is 15.1 Å². The van der Waals surface area contributed by atoms with E-state index >= 15 is 0 Å². The number of anilines is 1. The highest BCUT2D eigenvalue weighted by Gasteiger charge is 2.16. The summed E-state index contributed by atoms with van der Waals surface area (Å²) in [5.74, 6) is 0. The molecule has 2 rings (SSSR count). The van der Waals surface area contributed by atoms with E-state index in [1.54, 1.807) is 24.2 Å². The van der Waals surface area contributed by atoms with Crippen molar-refractivity contribution >= 4 is 11.7 Å². The Balaban J connectivity index is 1.70. The molecular weight excluding hydrogens is 248 g/mol. The first-order chi connectivity index (χ1) is 9.28. The number of aromatic nitrogens is 2. The molecule has 7 heteroatoms. The zero-order valence-corrected chi connectivity index (χ0v) is 11.1. The minimum absolute atomic E-state index is 0.148. The van der Waals surface area contributed by atoms with E-state index in [9.17, 15) is 4.79 Å². The normalized spacial score (nSPS) is 18.5. The molecule has 0 aliphatic carbocycles. The van der Waals surface area contributed by atoms with E-state index in [4.69, 9.17) is 9.47 Å². The zero-order chi connectivity index (χ0) is 13.5. The Morgan fingerprint density at radius 3 is 3.32 bits per heavy atom. The van der Waals surface area contributed by atoms with Crippen molar-refractivity contribution in [3.05, 3.63) is 12.4 Å². The smallest absolute Gasteiger partial charge is 0.319 e. The van der Waals surface area contributed by atoms with E-state index in [1.165, 1.54) is 0 Å². The van der Waals surface area contributed by atoms with Crippen molar-refractivity contribution in [3.8, 4) is 0 Å². The first kappa shape index (κ1) is 13.8. The summed E-state index contributed by atoms with van der Waals surface area (Å²) in [4.78, 5) is 11.7.